The summed E-state index contributed by atoms with van der Waals surface area (Å²) < 4.78 is 0. The van der Waals surface area contributed by atoms with E-state index in [1.54, 1.807) is 19.9 Å². The van der Waals surface area contributed by atoms with E-state index in [0.717, 1.165) is 25.7 Å². The van der Waals surface area contributed by atoms with E-state index in [0.29, 0.717) is 18.8 Å². The third kappa shape index (κ3) is 17.7. The van der Waals surface area contributed by atoms with Crippen molar-refractivity contribution in [3.63, 3.8) is 0 Å². The predicted molar refractivity (Wildman–Crippen MR) is 68.9 cm³/mol. The van der Waals surface area contributed by atoms with Gasteiger partial charge in [-0.25, -0.2) is 4.79 Å². The van der Waals surface area contributed by atoms with Gasteiger partial charge in [0.2, 0.25) is 0 Å². The second-order valence-electron chi connectivity index (χ2n) is 3.85. The average molecular weight is 246 g/mol. The van der Waals surface area contributed by atoms with Crippen LogP contribution in [0.5, 0.6) is 0 Å². The Kier molecular flexibility index (Phi) is 16.5. The second-order valence-corrected chi connectivity index (χ2v) is 3.85. The standard InChI is InChI=1S/C8H18O2.C5H8O2/c9-7-5-3-1-2-4-6-8-10;1-3-4(2)5(6)7/h9-10H,1-8H2;3H,1-2H3,(H,6,7). The quantitative estimate of drug-likeness (QED) is 0.454. The van der Waals surface area contributed by atoms with Gasteiger partial charge in [0.25, 0.3) is 0 Å². The molecular formula is C13H26O4. The summed E-state index contributed by atoms with van der Waals surface area (Å²) in [4.78, 5) is 9.86. The number of carboxylic acid groups (broad SMARTS) is 1. The zero-order valence-electron chi connectivity index (χ0n) is 11.0. The summed E-state index contributed by atoms with van der Waals surface area (Å²) >= 11 is 0. The Hall–Kier alpha value is -0.870. The maximum atomic E-state index is 9.86. The molecule has 4 nitrogen and oxygen atoms in total. The fraction of sp³-hybridized carbons (Fsp3) is 0.769. The summed E-state index contributed by atoms with van der Waals surface area (Å²) in [7, 11) is 0. The zero-order valence-corrected chi connectivity index (χ0v) is 11.0. The number of hydrogen-bond donors (Lipinski definition) is 3. The van der Waals surface area contributed by atoms with Crippen LogP contribution in [0.4, 0.5) is 0 Å². The number of carboxylic acids is 1. The number of carbonyl (C=O) groups is 1. The van der Waals surface area contributed by atoms with Gasteiger partial charge in [0.1, 0.15) is 0 Å². The van der Waals surface area contributed by atoms with Crippen LogP contribution in [0.1, 0.15) is 52.4 Å². The smallest absolute Gasteiger partial charge is 0.330 e. The molecular weight excluding hydrogens is 220 g/mol. The minimum absolute atomic E-state index is 0.319. The van der Waals surface area contributed by atoms with Gasteiger partial charge in [0.05, 0.1) is 0 Å². The van der Waals surface area contributed by atoms with E-state index >= 15 is 0 Å². The van der Waals surface area contributed by atoms with Gasteiger partial charge < -0.3 is 15.3 Å². The normalized spacial score (nSPS) is 10.7. The third-order valence-electron chi connectivity index (χ3n) is 2.34. The van der Waals surface area contributed by atoms with Crippen LogP contribution >= 0.6 is 0 Å². The lowest BCUT2D eigenvalue weighted by molar-refractivity contribution is -0.132. The minimum Gasteiger partial charge on any atom is -0.478 e. The molecule has 0 fully saturated rings. The van der Waals surface area contributed by atoms with Crippen LogP contribution in [-0.2, 0) is 4.79 Å². The molecule has 0 radical (unpaired) electrons. The molecule has 0 spiro atoms. The Labute approximate surface area is 104 Å². The second kappa shape index (κ2) is 15.1. The molecule has 3 N–H and O–H groups in total. The van der Waals surface area contributed by atoms with Gasteiger partial charge in [-0.3, -0.25) is 0 Å². The summed E-state index contributed by atoms with van der Waals surface area (Å²) in [6.45, 7) is 3.89. The van der Waals surface area contributed by atoms with Gasteiger partial charge in [0.15, 0.2) is 0 Å². The van der Waals surface area contributed by atoms with E-state index in [-0.39, 0.29) is 0 Å². The fourth-order valence-electron chi connectivity index (χ4n) is 1.05. The van der Waals surface area contributed by atoms with Crippen LogP contribution in [-0.4, -0.2) is 34.5 Å². The Bertz CT molecular complexity index is 192. The first-order valence-electron chi connectivity index (χ1n) is 6.18. The van der Waals surface area contributed by atoms with Crippen molar-refractivity contribution in [2.24, 2.45) is 0 Å². The van der Waals surface area contributed by atoms with Crippen molar-refractivity contribution in [3.05, 3.63) is 11.6 Å². The molecule has 0 rings (SSSR count). The summed E-state index contributed by atoms with van der Waals surface area (Å²) in [6.07, 6.45) is 8.06. The first-order chi connectivity index (χ1) is 8.09. The Morgan fingerprint density at radius 3 is 1.47 bits per heavy atom. The first-order valence-corrected chi connectivity index (χ1v) is 6.18. The van der Waals surface area contributed by atoms with E-state index in [4.69, 9.17) is 15.3 Å². The lowest BCUT2D eigenvalue weighted by atomic mass is 10.1. The number of allylic oxidation sites excluding steroid dienone is 1. The SMILES string of the molecule is CC=C(C)C(=O)O.OCCCCCCCCO. The van der Waals surface area contributed by atoms with Crippen LogP contribution in [0.25, 0.3) is 0 Å². The van der Waals surface area contributed by atoms with Crippen LogP contribution in [0.2, 0.25) is 0 Å². The van der Waals surface area contributed by atoms with Crippen molar-refractivity contribution in [2.45, 2.75) is 52.4 Å². The summed E-state index contributed by atoms with van der Waals surface area (Å²) in [5, 5.41) is 25.0. The maximum Gasteiger partial charge on any atom is 0.330 e. The number of aliphatic carboxylic acids is 1. The highest BCUT2D eigenvalue weighted by molar-refractivity contribution is 5.85. The number of hydrogen-bond acceptors (Lipinski definition) is 3. The molecule has 0 atom stereocenters. The molecule has 0 aliphatic carbocycles. The molecule has 0 saturated carbocycles. The lowest BCUT2D eigenvalue weighted by Gasteiger charge is -1.97. The van der Waals surface area contributed by atoms with E-state index in [2.05, 4.69) is 0 Å². The molecule has 0 aromatic rings. The highest BCUT2D eigenvalue weighted by Crippen LogP contribution is 2.03. The average Bonchev–Trinajstić information content (AvgIpc) is 2.33. The zero-order chi connectivity index (χ0) is 13.5. The minimum atomic E-state index is -0.845. The van der Waals surface area contributed by atoms with Crippen molar-refractivity contribution in [2.75, 3.05) is 13.2 Å². The number of rotatable bonds is 8. The van der Waals surface area contributed by atoms with Gasteiger partial charge in [-0.2, -0.15) is 0 Å². The summed E-state index contributed by atoms with van der Waals surface area (Å²) in [5.74, 6) is -0.845. The van der Waals surface area contributed by atoms with Crippen molar-refractivity contribution in [3.8, 4) is 0 Å². The topological polar surface area (TPSA) is 77.8 Å². The van der Waals surface area contributed by atoms with Gasteiger partial charge >= 0.3 is 5.97 Å². The van der Waals surface area contributed by atoms with Crippen LogP contribution < -0.4 is 0 Å². The number of aliphatic hydroxyl groups is 2. The molecule has 17 heavy (non-hydrogen) atoms. The van der Waals surface area contributed by atoms with Gasteiger partial charge in [-0.05, 0) is 26.7 Å². The van der Waals surface area contributed by atoms with Crippen molar-refractivity contribution in [1.82, 2.24) is 0 Å². The van der Waals surface area contributed by atoms with Gasteiger partial charge in [-0.15, -0.1) is 0 Å². The summed E-state index contributed by atoms with van der Waals surface area (Å²) in [6, 6.07) is 0. The van der Waals surface area contributed by atoms with Crippen LogP contribution in [0, 0.1) is 0 Å². The molecule has 0 unspecified atom stereocenters. The molecule has 0 aliphatic heterocycles. The predicted octanol–water partition coefficient (Wildman–Crippen LogP) is 2.35. The molecule has 0 saturated heterocycles. The van der Waals surface area contributed by atoms with Crippen molar-refractivity contribution < 1.29 is 20.1 Å². The summed E-state index contributed by atoms with van der Waals surface area (Å²) in [5.41, 5.74) is 0.389. The van der Waals surface area contributed by atoms with E-state index in [9.17, 15) is 4.79 Å². The highest BCUT2D eigenvalue weighted by Gasteiger charge is 1.93. The fourth-order valence-corrected chi connectivity index (χ4v) is 1.05. The van der Waals surface area contributed by atoms with Gasteiger partial charge in [-0.1, -0.05) is 31.8 Å². The molecule has 0 bridgehead atoms. The van der Waals surface area contributed by atoms with Crippen molar-refractivity contribution in [1.29, 1.82) is 0 Å². The molecule has 0 aliphatic rings. The Morgan fingerprint density at radius 2 is 1.29 bits per heavy atom. The molecule has 4 heteroatoms. The number of unbranched alkanes of at least 4 members (excludes halogenated alkanes) is 5. The third-order valence-corrected chi connectivity index (χ3v) is 2.34. The van der Waals surface area contributed by atoms with Crippen LogP contribution in [0.15, 0.2) is 11.6 Å². The van der Waals surface area contributed by atoms with Crippen LogP contribution in [0.3, 0.4) is 0 Å². The van der Waals surface area contributed by atoms with E-state index in [1.807, 2.05) is 0 Å². The highest BCUT2D eigenvalue weighted by atomic mass is 16.4. The van der Waals surface area contributed by atoms with Gasteiger partial charge in [0, 0.05) is 18.8 Å². The first kappa shape index (κ1) is 18.5. The monoisotopic (exact) mass is 246 g/mol. The molecule has 0 amide bonds. The maximum absolute atomic E-state index is 9.86. The molecule has 0 aromatic carbocycles. The Morgan fingerprint density at radius 1 is 0.941 bits per heavy atom. The van der Waals surface area contributed by atoms with Crippen molar-refractivity contribution >= 4 is 5.97 Å². The molecule has 102 valence electrons. The Balaban J connectivity index is 0. The van der Waals surface area contributed by atoms with E-state index < -0.39 is 5.97 Å². The molecule has 0 heterocycles. The van der Waals surface area contributed by atoms with E-state index in [1.165, 1.54) is 12.8 Å². The largest absolute Gasteiger partial charge is 0.478 e. The lowest BCUT2D eigenvalue weighted by Crippen LogP contribution is -1.93. The molecule has 0 aromatic heterocycles. The number of aliphatic hydroxyl groups excluding tert-OH is 2.